The van der Waals surface area contributed by atoms with Crippen molar-refractivity contribution in [2.45, 2.75) is 25.8 Å². The van der Waals surface area contributed by atoms with E-state index in [1.807, 2.05) is 30.3 Å². The van der Waals surface area contributed by atoms with Gasteiger partial charge in [-0.25, -0.2) is 0 Å². The van der Waals surface area contributed by atoms with Gasteiger partial charge in [-0.3, -0.25) is 9.59 Å². The molecule has 4 nitrogen and oxygen atoms in total. The first-order chi connectivity index (χ1) is 10.1. The van der Waals surface area contributed by atoms with Crippen LogP contribution in [0.3, 0.4) is 0 Å². The van der Waals surface area contributed by atoms with Crippen molar-refractivity contribution in [3.8, 4) is 17.0 Å². The molecule has 0 N–H and O–H groups in total. The number of hydrogen-bond acceptors (Lipinski definition) is 3. The van der Waals surface area contributed by atoms with Gasteiger partial charge in [0.1, 0.15) is 5.75 Å². The summed E-state index contributed by atoms with van der Waals surface area (Å²) in [7, 11) is 1.62. The van der Waals surface area contributed by atoms with Gasteiger partial charge in [0.15, 0.2) is 5.78 Å². The summed E-state index contributed by atoms with van der Waals surface area (Å²) >= 11 is 0. The summed E-state index contributed by atoms with van der Waals surface area (Å²) in [6.45, 7) is 1.43. The quantitative estimate of drug-likeness (QED) is 0.810. The Balaban J connectivity index is 2.15. The highest BCUT2D eigenvalue weighted by Crippen LogP contribution is 2.37. The number of rotatable bonds is 4. The Morgan fingerprint density at radius 3 is 2.33 bits per heavy atom. The third-order valence-corrected chi connectivity index (χ3v) is 3.79. The van der Waals surface area contributed by atoms with E-state index in [9.17, 15) is 9.59 Å². The summed E-state index contributed by atoms with van der Waals surface area (Å²) in [5.74, 6) is 0.593. The highest BCUT2D eigenvalue weighted by atomic mass is 16.5. The lowest BCUT2D eigenvalue weighted by molar-refractivity contribution is 0.101. The number of aromatic nitrogens is 1. The molecule has 1 fully saturated rings. The van der Waals surface area contributed by atoms with Crippen molar-refractivity contribution in [1.82, 2.24) is 4.57 Å². The first kappa shape index (κ1) is 13.6. The predicted molar refractivity (Wildman–Crippen MR) is 81.0 cm³/mol. The van der Waals surface area contributed by atoms with Gasteiger partial charge in [-0.15, -0.1) is 0 Å². The minimum absolute atomic E-state index is 0.182. The van der Waals surface area contributed by atoms with Crippen LogP contribution >= 0.6 is 0 Å². The summed E-state index contributed by atoms with van der Waals surface area (Å²) in [6.07, 6.45) is 1.98. The molecule has 1 heterocycles. The monoisotopic (exact) mass is 283 g/mol. The lowest BCUT2D eigenvalue weighted by atomic mass is 10.1. The van der Waals surface area contributed by atoms with Crippen LogP contribution in [0.2, 0.25) is 0 Å². The van der Waals surface area contributed by atoms with Gasteiger partial charge in [-0.2, -0.15) is 0 Å². The van der Waals surface area contributed by atoms with Crippen LogP contribution in [0.5, 0.6) is 5.75 Å². The molecule has 4 heteroatoms. The molecule has 0 atom stereocenters. The molecule has 3 rings (SSSR count). The number of carbonyl (C=O) groups excluding carboxylic acids is 1. The second-order valence-corrected chi connectivity index (χ2v) is 5.32. The molecule has 0 aliphatic heterocycles. The number of benzene rings is 1. The van der Waals surface area contributed by atoms with Gasteiger partial charge in [0.2, 0.25) is 0 Å². The molecule has 21 heavy (non-hydrogen) atoms. The Kier molecular flexibility index (Phi) is 3.37. The van der Waals surface area contributed by atoms with Crippen molar-refractivity contribution in [2.75, 3.05) is 7.11 Å². The zero-order chi connectivity index (χ0) is 15.0. The van der Waals surface area contributed by atoms with E-state index >= 15 is 0 Å². The van der Waals surface area contributed by atoms with Gasteiger partial charge >= 0.3 is 0 Å². The number of methoxy groups -OCH3 is 1. The third-order valence-electron chi connectivity index (χ3n) is 3.79. The van der Waals surface area contributed by atoms with E-state index in [4.69, 9.17) is 4.74 Å². The van der Waals surface area contributed by atoms with Gasteiger partial charge in [-0.05, 0) is 61.7 Å². The number of ketones is 1. The van der Waals surface area contributed by atoms with E-state index in [0.29, 0.717) is 0 Å². The number of Topliss-reactive ketones (excluding diaryl/α,β-unsaturated/α-hetero) is 1. The fraction of sp³-hybridized carbons (Fsp3) is 0.294. The van der Waals surface area contributed by atoms with Crippen molar-refractivity contribution in [3.05, 3.63) is 52.3 Å². The van der Waals surface area contributed by atoms with Crippen molar-refractivity contribution >= 4 is 5.78 Å². The molecule has 1 aromatic carbocycles. The highest BCUT2D eigenvalue weighted by Gasteiger charge is 2.28. The number of carbonyl (C=O) groups is 1. The van der Waals surface area contributed by atoms with E-state index in [2.05, 4.69) is 0 Å². The van der Waals surface area contributed by atoms with E-state index in [-0.39, 0.29) is 22.9 Å². The van der Waals surface area contributed by atoms with Crippen LogP contribution in [0.1, 0.15) is 36.2 Å². The first-order valence-corrected chi connectivity index (χ1v) is 7.02. The van der Waals surface area contributed by atoms with Crippen LogP contribution in [0.4, 0.5) is 0 Å². The summed E-state index contributed by atoms with van der Waals surface area (Å²) in [4.78, 5) is 24.1. The molecule has 0 saturated heterocycles. The fourth-order valence-corrected chi connectivity index (χ4v) is 2.51. The summed E-state index contributed by atoms with van der Waals surface area (Å²) in [5, 5.41) is 0. The smallest absolute Gasteiger partial charge is 0.262 e. The number of hydrogen-bond donors (Lipinski definition) is 0. The molecule has 2 aromatic rings. The fourth-order valence-electron chi connectivity index (χ4n) is 2.51. The average Bonchev–Trinajstić information content (AvgIpc) is 3.31. The van der Waals surface area contributed by atoms with Crippen molar-refractivity contribution in [1.29, 1.82) is 0 Å². The van der Waals surface area contributed by atoms with E-state index < -0.39 is 0 Å². The topological polar surface area (TPSA) is 48.3 Å². The van der Waals surface area contributed by atoms with Gasteiger partial charge in [0.05, 0.1) is 18.4 Å². The molecular weight excluding hydrogens is 266 g/mol. The summed E-state index contributed by atoms with van der Waals surface area (Å²) in [5.41, 5.74) is 1.89. The molecule has 0 bridgehead atoms. The second kappa shape index (κ2) is 5.20. The van der Waals surface area contributed by atoms with Crippen LogP contribution in [-0.2, 0) is 0 Å². The Morgan fingerprint density at radius 2 is 1.81 bits per heavy atom. The maximum absolute atomic E-state index is 12.5. The lowest BCUT2D eigenvalue weighted by Crippen LogP contribution is -2.26. The van der Waals surface area contributed by atoms with E-state index in [1.54, 1.807) is 17.7 Å². The largest absolute Gasteiger partial charge is 0.497 e. The van der Waals surface area contributed by atoms with Crippen LogP contribution in [0.15, 0.2) is 41.2 Å². The second-order valence-electron chi connectivity index (χ2n) is 5.32. The Morgan fingerprint density at radius 1 is 1.14 bits per heavy atom. The normalized spacial score (nSPS) is 14.0. The average molecular weight is 283 g/mol. The standard InChI is InChI=1S/C17H17NO3/c1-11(19)15-9-10-16(18(17(15)20)13-5-6-13)12-3-7-14(21-2)8-4-12/h3-4,7-10,13H,5-6H2,1-2H3. The van der Waals surface area contributed by atoms with Crippen molar-refractivity contribution in [2.24, 2.45) is 0 Å². The Labute approximate surface area is 123 Å². The molecule has 1 saturated carbocycles. The maximum atomic E-state index is 12.5. The zero-order valence-electron chi connectivity index (χ0n) is 12.1. The molecule has 0 amide bonds. The third kappa shape index (κ3) is 2.49. The van der Waals surface area contributed by atoms with Gasteiger partial charge in [0.25, 0.3) is 5.56 Å². The first-order valence-electron chi connectivity index (χ1n) is 7.02. The van der Waals surface area contributed by atoms with E-state index in [0.717, 1.165) is 29.8 Å². The van der Waals surface area contributed by atoms with Crippen LogP contribution in [0, 0.1) is 0 Å². The SMILES string of the molecule is COc1ccc(-c2ccc(C(C)=O)c(=O)n2C2CC2)cc1. The predicted octanol–water partition coefficient (Wildman–Crippen LogP) is 3.06. The number of pyridine rings is 1. The van der Waals surface area contributed by atoms with Crippen LogP contribution in [-0.4, -0.2) is 17.5 Å². The van der Waals surface area contributed by atoms with Gasteiger partial charge in [0, 0.05) is 6.04 Å². The molecule has 1 aliphatic rings. The molecule has 1 aliphatic carbocycles. The summed E-state index contributed by atoms with van der Waals surface area (Å²) in [6, 6.07) is 11.3. The maximum Gasteiger partial charge on any atom is 0.262 e. The molecule has 0 unspecified atom stereocenters. The van der Waals surface area contributed by atoms with Crippen LogP contribution in [0.25, 0.3) is 11.3 Å². The highest BCUT2D eigenvalue weighted by molar-refractivity contribution is 5.94. The number of ether oxygens (including phenoxy) is 1. The minimum Gasteiger partial charge on any atom is -0.497 e. The van der Waals surface area contributed by atoms with Crippen LogP contribution < -0.4 is 10.3 Å². The van der Waals surface area contributed by atoms with Crippen molar-refractivity contribution < 1.29 is 9.53 Å². The van der Waals surface area contributed by atoms with Crippen molar-refractivity contribution in [3.63, 3.8) is 0 Å². The Hall–Kier alpha value is -2.36. The molecular formula is C17H17NO3. The number of nitrogens with zero attached hydrogens (tertiary/aromatic N) is 1. The minimum atomic E-state index is -0.185. The lowest BCUT2D eigenvalue weighted by Gasteiger charge is -2.14. The summed E-state index contributed by atoms with van der Waals surface area (Å²) < 4.78 is 6.92. The molecule has 1 aromatic heterocycles. The molecule has 0 spiro atoms. The molecule has 108 valence electrons. The van der Waals surface area contributed by atoms with E-state index in [1.165, 1.54) is 6.92 Å². The van der Waals surface area contributed by atoms with Gasteiger partial charge < -0.3 is 9.30 Å². The molecule has 0 radical (unpaired) electrons. The van der Waals surface area contributed by atoms with Gasteiger partial charge in [-0.1, -0.05) is 0 Å². The Bertz CT molecular complexity index is 740. The zero-order valence-corrected chi connectivity index (χ0v) is 12.1.